The molecule has 0 amide bonds. The first-order valence-electron chi connectivity index (χ1n) is 9.65. The van der Waals surface area contributed by atoms with E-state index >= 15 is 0 Å². The summed E-state index contributed by atoms with van der Waals surface area (Å²) >= 11 is 6.02. The average Bonchev–Trinajstić information content (AvgIpc) is 2.75. The van der Waals surface area contributed by atoms with E-state index in [-0.39, 0.29) is 5.97 Å². The first-order chi connectivity index (χ1) is 14.1. The highest BCUT2D eigenvalue weighted by Gasteiger charge is 2.42. The molecule has 1 atom stereocenters. The van der Waals surface area contributed by atoms with Gasteiger partial charge in [-0.15, -0.1) is 0 Å². The second-order valence-corrected chi connectivity index (χ2v) is 9.37. The second-order valence-electron chi connectivity index (χ2n) is 7.38. The maximum absolute atomic E-state index is 12.9. The van der Waals surface area contributed by atoms with Gasteiger partial charge in [0.25, 0.3) is 0 Å². The number of anilines is 1. The molecular formula is C23H19BrINO3. The van der Waals surface area contributed by atoms with Crippen molar-refractivity contribution in [2.75, 3.05) is 12.0 Å². The molecule has 6 heteroatoms. The summed E-state index contributed by atoms with van der Waals surface area (Å²) in [7, 11) is 1.65. The second kappa shape index (κ2) is 7.47. The van der Waals surface area contributed by atoms with E-state index in [1.807, 2.05) is 30.3 Å². The molecular weight excluding hydrogens is 545 g/mol. The van der Waals surface area contributed by atoms with Gasteiger partial charge in [-0.05, 0) is 95.8 Å². The number of methoxy groups -OCH3 is 1. The highest BCUT2D eigenvalue weighted by Crippen LogP contribution is 2.52. The maximum Gasteiger partial charge on any atom is 0.342 e. The zero-order valence-electron chi connectivity index (χ0n) is 15.9. The van der Waals surface area contributed by atoms with E-state index in [2.05, 4.69) is 55.6 Å². The highest BCUT2D eigenvalue weighted by atomic mass is 127. The third kappa shape index (κ3) is 3.11. The van der Waals surface area contributed by atoms with Crippen LogP contribution in [0.1, 0.15) is 53.4 Å². The molecule has 29 heavy (non-hydrogen) atoms. The molecule has 1 unspecified atom stereocenters. The summed E-state index contributed by atoms with van der Waals surface area (Å²) in [6.07, 6.45) is 6.36. The van der Waals surface area contributed by atoms with Crippen LogP contribution in [-0.4, -0.2) is 13.1 Å². The molecule has 0 saturated heterocycles. The smallest absolute Gasteiger partial charge is 0.342 e. The number of carbonyl (C=O) groups is 1. The molecule has 0 spiro atoms. The minimum absolute atomic E-state index is 0.295. The molecule has 0 aromatic heterocycles. The number of allylic oxidation sites excluding steroid dienone is 2. The normalized spacial score (nSPS) is 20.4. The van der Waals surface area contributed by atoms with Crippen molar-refractivity contribution in [1.29, 1.82) is 0 Å². The van der Waals surface area contributed by atoms with Crippen LogP contribution >= 0.6 is 38.5 Å². The average molecular weight is 564 g/mol. The van der Waals surface area contributed by atoms with Gasteiger partial charge in [0, 0.05) is 13.6 Å². The van der Waals surface area contributed by atoms with E-state index in [4.69, 9.17) is 9.47 Å². The van der Waals surface area contributed by atoms with Crippen molar-refractivity contribution in [3.63, 3.8) is 0 Å². The molecule has 0 radical (unpaired) electrons. The maximum atomic E-state index is 12.9. The molecule has 4 nitrogen and oxygen atoms in total. The van der Waals surface area contributed by atoms with Crippen molar-refractivity contribution in [2.45, 2.75) is 31.9 Å². The van der Waals surface area contributed by atoms with Crippen molar-refractivity contribution in [1.82, 2.24) is 0 Å². The van der Waals surface area contributed by atoms with E-state index in [9.17, 15) is 4.79 Å². The van der Waals surface area contributed by atoms with E-state index < -0.39 is 6.23 Å². The third-order valence-corrected chi connectivity index (χ3v) is 7.28. The van der Waals surface area contributed by atoms with Crippen molar-refractivity contribution < 1.29 is 14.3 Å². The fourth-order valence-electron chi connectivity index (χ4n) is 4.32. The van der Waals surface area contributed by atoms with Crippen molar-refractivity contribution in [2.24, 2.45) is 0 Å². The predicted molar refractivity (Wildman–Crippen MR) is 125 cm³/mol. The van der Waals surface area contributed by atoms with Gasteiger partial charge in [-0.2, -0.15) is 0 Å². The Morgan fingerprint density at radius 2 is 2.00 bits per heavy atom. The first kappa shape index (κ1) is 19.2. The van der Waals surface area contributed by atoms with Crippen molar-refractivity contribution >= 4 is 53.8 Å². The van der Waals surface area contributed by atoms with Gasteiger partial charge in [0.2, 0.25) is 6.23 Å². The minimum atomic E-state index is -0.509. The lowest BCUT2D eigenvalue weighted by molar-refractivity contribution is 0.0265. The summed E-state index contributed by atoms with van der Waals surface area (Å²) in [5, 5.41) is 0. The Bertz CT molecular complexity index is 1090. The zero-order valence-corrected chi connectivity index (χ0v) is 19.6. The number of rotatable bonds is 2. The SMILES string of the molecule is COc1ccc2c(c1)C1OC(=O)c3ccc(Br)cc3N1C(C1=CCCCC1)=C2I. The number of ether oxygens (including phenoxy) is 2. The number of carbonyl (C=O) groups excluding carboxylic acids is 1. The van der Waals surface area contributed by atoms with Gasteiger partial charge < -0.3 is 9.47 Å². The van der Waals surface area contributed by atoms with Crippen molar-refractivity contribution in [3.05, 3.63) is 74.9 Å². The molecule has 5 rings (SSSR count). The van der Waals surface area contributed by atoms with E-state index in [0.717, 1.165) is 45.6 Å². The summed E-state index contributed by atoms with van der Waals surface area (Å²) in [5.41, 5.74) is 6.00. The van der Waals surface area contributed by atoms with E-state index in [1.165, 1.54) is 22.0 Å². The van der Waals surface area contributed by atoms with Crippen LogP contribution in [0.3, 0.4) is 0 Å². The largest absolute Gasteiger partial charge is 0.497 e. The molecule has 148 valence electrons. The Labute approximate surface area is 191 Å². The number of halogens is 2. The topological polar surface area (TPSA) is 38.8 Å². The van der Waals surface area contributed by atoms with Crippen LogP contribution in [0.25, 0.3) is 3.58 Å². The predicted octanol–water partition coefficient (Wildman–Crippen LogP) is 6.75. The third-order valence-electron chi connectivity index (χ3n) is 5.70. The van der Waals surface area contributed by atoms with Crippen LogP contribution in [0.4, 0.5) is 5.69 Å². The number of benzene rings is 2. The van der Waals surface area contributed by atoms with Crippen LogP contribution in [0, 0.1) is 0 Å². The zero-order chi connectivity index (χ0) is 20.1. The highest BCUT2D eigenvalue weighted by molar-refractivity contribution is 14.1. The Kier molecular flexibility index (Phi) is 4.94. The fourth-order valence-corrected chi connectivity index (χ4v) is 5.76. The van der Waals surface area contributed by atoms with E-state index in [0.29, 0.717) is 5.56 Å². The molecule has 0 N–H and O–H groups in total. The van der Waals surface area contributed by atoms with Gasteiger partial charge in [-0.1, -0.05) is 22.0 Å². The molecule has 0 bridgehead atoms. The molecule has 1 aliphatic carbocycles. The molecule has 3 aliphatic rings. The number of nitrogens with zero attached hydrogens (tertiary/aromatic N) is 1. The minimum Gasteiger partial charge on any atom is -0.497 e. The lowest BCUT2D eigenvalue weighted by atomic mass is 9.89. The number of esters is 1. The van der Waals surface area contributed by atoms with Gasteiger partial charge in [0.1, 0.15) is 5.75 Å². The lowest BCUT2D eigenvalue weighted by Crippen LogP contribution is -2.40. The van der Waals surface area contributed by atoms with Gasteiger partial charge in [0.15, 0.2) is 0 Å². The Morgan fingerprint density at radius 1 is 1.17 bits per heavy atom. The summed E-state index contributed by atoms with van der Waals surface area (Å²) < 4.78 is 13.6. The Hall–Kier alpha value is -1.80. The Balaban J connectivity index is 1.80. The summed E-state index contributed by atoms with van der Waals surface area (Å²) in [4.78, 5) is 15.0. The number of hydrogen-bond donors (Lipinski definition) is 0. The monoisotopic (exact) mass is 563 g/mol. The summed E-state index contributed by atoms with van der Waals surface area (Å²) in [6.45, 7) is 0. The van der Waals surface area contributed by atoms with Crippen LogP contribution in [0.2, 0.25) is 0 Å². The molecule has 2 aromatic carbocycles. The van der Waals surface area contributed by atoms with Gasteiger partial charge in [-0.25, -0.2) is 4.79 Å². The van der Waals surface area contributed by atoms with Gasteiger partial charge in [-0.3, -0.25) is 4.90 Å². The van der Waals surface area contributed by atoms with Crippen molar-refractivity contribution in [3.8, 4) is 5.75 Å². The van der Waals surface area contributed by atoms with Crippen LogP contribution < -0.4 is 9.64 Å². The quantitative estimate of drug-likeness (QED) is 0.299. The van der Waals surface area contributed by atoms with Gasteiger partial charge >= 0.3 is 5.97 Å². The lowest BCUT2D eigenvalue weighted by Gasteiger charge is -2.44. The number of fused-ring (bicyclic) bond motifs is 5. The van der Waals surface area contributed by atoms with Crippen LogP contribution in [0.15, 0.2) is 58.2 Å². The fraction of sp³-hybridized carbons (Fsp3) is 0.261. The summed E-state index contributed by atoms with van der Waals surface area (Å²) in [6, 6.07) is 11.7. The summed E-state index contributed by atoms with van der Waals surface area (Å²) in [5.74, 6) is 0.459. The van der Waals surface area contributed by atoms with Crippen LogP contribution in [0.5, 0.6) is 5.75 Å². The van der Waals surface area contributed by atoms with E-state index in [1.54, 1.807) is 7.11 Å². The number of hydrogen-bond acceptors (Lipinski definition) is 4. The molecule has 2 aromatic rings. The molecule has 0 fully saturated rings. The van der Waals surface area contributed by atoms with Crippen LogP contribution in [-0.2, 0) is 4.74 Å². The molecule has 2 aliphatic heterocycles. The first-order valence-corrected chi connectivity index (χ1v) is 11.5. The Morgan fingerprint density at radius 3 is 2.76 bits per heavy atom. The molecule has 2 heterocycles. The van der Waals surface area contributed by atoms with Gasteiger partial charge in [0.05, 0.1) is 24.1 Å². The molecule has 0 saturated carbocycles. The standard InChI is InChI=1S/C23H19BrINO3/c1-28-15-8-10-16-18(12-15)22-26(21(20(16)25)13-5-3-2-4-6-13)19-11-14(24)7-9-17(19)23(27)29-22/h5,7-12,22H,2-4,6H2,1H3.